The van der Waals surface area contributed by atoms with Crippen molar-refractivity contribution >= 4 is 23.2 Å². The molecule has 2 aromatic heterocycles. The number of carboxylic acids is 1. The van der Waals surface area contributed by atoms with Crippen LogP contribution in [-0.4, -0.2) is 20.5 Å². The number of aromatic nitrogens is 2. The number of aryl methyl sites for hydroxylation is 2. The minimum absolute atomic E-state index is 0.240. The maximum absolute atomic E-state index is 11.4. The van der Waals surface area contributed by atoms with E-state index in [4.69, 9.17) is 16.9 Å². The Hall–Kier alpha value is -2.84. The van der Waals surface area contributed by atoms with Crippen LogP contribution in [0, 0.1) is 32.1 Å². The maximum Gasteiger partial charge on any atom is 0.335 e. The normalized spacial score (nSPS) is 10.8. The van der Waals surface area contributed by atoms with Crippen molar-refractivity contribution < 1.29 is 9.90 Å². The molecule has 0 aliphatic rings. The number of nitriles is 1. The van der Waals surface area contributed by atoms with Crippen molar-refractivity contribution in [1.29, 1.82) is 5.26 Å². The summed E-state index contributed by atoms with van der Waals surface area (Å²) in [5, 5.41) is 19.0. The van der Waals surface area contributed by atoms with Gasteiger partial charge in [0.05, 0.1) is 16.8 Å². The van der Waals surface area contributed by atoms with Gasteiger partial charge in [-0.3, -0.25) is 0 Å². The predicted octanol–water partition coefficient (Wildman–Crippen LogP) is 4.07. The Bertz CT molecular complexity index is 1060. The molecule has 0 aliphatic carbocycles. The lowest BCUT2D eigenvalue weighted by atomic mass is 9.98. The summed E-state index contributed by atoms with van der Waals surface area (Å²) in [6.07, 6.45) is 2.19. The molecule has 0 saturated carbocycles. The van der Waals surface area contributed by atoms with Crippen molar-refractivity contribution in [2.24, 2.45) is 0 Å². The number of halogens is 1. The summed E-state index contributed by atoms with van der Waals surface area (Å²) in [4.78, 5) is 16.1. The standard InChI is InChI=1S/C19H16ClN3O2/c1-10-6-13(8-21)9-23-12(3)17(22-18(10)23)7-15-11(2)14(19(24)25)4-5-16(15)20/h4-6,9H,7H2,1-3H3,(H,24,25). The summed E-state index contributed by atoms with van der Waals surface area (Å²) < 4.78 is 1.90. The third-order valence-corrected chi connectivity index (χ3v) is 4.84. The molecule has 1 aromatic carbocycles. The fraction of sp³-hybridized carbons (Fsp3) is 0.211. The minimum Gasteiger partial charge on any atom is -0.478 e. The molecule has 0 fully saturated rings. The minimum atomic E-state index is -0.975. The zero-order valence-electron chi connectivity index (χ0n) is 14.1. The van der Waals surface area contributed by atoms with E-state index in [9.17, 15) is 9.90 Å². The number of aromatic carboxylic acids is 1. The summed E-state index contributed by atoms with van der Waals surface area (Å²) in [6, 6.07) is 7.08. The molecular weight excluding hydrogens is 338 g/mol. The number of carboxylic acid groups (broad SMARTS) is 1. The van der Waals surface area contributed by atoms with Gasteiger partial charge in [0.15, 0.2) is 0 Å². The Labute approximate surface area is 150 Å². The van der Waals surface area contributed by atoms with Gasteiger partial charge >= 0.3 is 5.97 Å². The lowest BCUT2D eigenvalue weighted by Gasteiger charge is -2.10. The highest BCUT2D eigenvalue weighted by atomic mass is 35.5. The first-order chi connectivity index (χ1) is 11.8. The Morgan fingerprint density at radius 3 is 2.72 bits per heavy atom. The van der Waals surface area contributed by atoms with Gasteiger partial charge in [0, 0.05) is 23.3 Å². The highest BCUT2D eigenvalue weighted by Crippen LogP contribution is 2.27. The lowest BCUT2D eigenvalue weighted by Crippen LogP contribution is -2.04. The zero-order valence-corrected chi connectivity index (χ0v) is 14.8. The topological polar surface area (TPSA) is 78.4 Å². The number of fused-ring (bicyclic) bond motifs is 1. The van der Waals surface area contributed by atoms with Gasteiger partial charge in [-0.1, -0.05) is 11.6 Å². The van der Waals surface area contributed by atoms with E-state index in [0.717, 1.165) is 28.2 Å². The van der Waals surface area contributed by atoms with Crippen molar-refractivity contribution in [3.8, 4) is 6.07 Å². The molecule has 25 heavy (non-hydrogen) atoms. The van der Waals surface area contributed by atoms with Crippen LogP contribution >= 0.6 is 11.6 Å². The van der Waals surface area contributed by atoms with Gasteiger partial charge in [-0.05, 0) is 55.7 Å². The van der Waals surface area contributed by atoms with Gasteiger partial charge in [0.1, 0.15) is 11.7 Å². The molecule has 126 valence electrons. The molecule has 3 aromatic rings. The number of benzene rings is 1. The van der Waals surface area contributed by atoms with Crippen LogP contribution in [0.2, 0.25) is 5.02 Å². The summed E-state index contributed by atoms with van der Waals surface area (Å²) in [5.74, 6) is -0.975. The van der Waals surface area contributed by atoms with Gasteiger partial charge in [0.2, 0.25) is 0 Å². The number of nitrogens with zero attached hydrogens (tertiary/aromatic N) is 3. The molecular formula is C19H16ClN3O2. The van der Waals surface area contributed by atoms with E-state index in [2.05, 4.69) is 11.1 Å². The molecule has 2 heterocycles. The molecule has 5 nitrogen and oxygen atoms in total. The monoisotopic (exact) mass is 353 g/mol. The van der Waals surface area contributed by atoms with E-state index in [1.807, 2.05) is 18.2 Å². The highest BCUT2D eigenvalue weighted by molar-refractivity contribution is 6.31. The van der Waals surface area contributed by atoms with Crippen molar-refractivity contribution in [3.05, 3.63) is 68.6 Å². The SMILES string of the molecule is Cc1c(C(=O)O)ccc(Cl)c1Cc1nc2c(C)cc(C#N)cn2c1C. The second-order valence-electron chi connectivity index (χ2n) is 6.04. The summed E-state index contributed by atoms with van der Waals surface area (Å²) in [6.45, 7) is 5.60. The maximum atomic E-state index is 11.4. The highest BCUT2D eigenvalue weighted by Gasteiger charge is 2.17. The molecule has 3 rings (SSSR count). The van der Waals surface area contributed by atoms with E-state index < -0.39 is 5.97 Å². The van der Waals surface area contributed by atoms with Crippen molar-refractivity contribution in [3.63, 3.8) is 0 Å². The Balaban J connectivity index is 2.15. The number of imidazole rings is 1. The van der Waals surface area contributed by atoms with Gasteiger partial charge in [-0.15, -0.1) is 0 Å². The van der Waals surface area contributed by atoms with E-state index in [0.29, 0.717) is 22.6 Å². The Morgan fingerprint density at radius 2 is 2.08 bits per heavy atom. The number of rotatable bonds is 3. The molecule has 0 unspecified atom stereocenters. The smallest absolute Gasteiger partial charge is 0.335 e. The molecule has 0 saturated heterocycles. The quantitative estimate of drug-likeness (QED) is 0.769. The molecule has 0 radical (unpaired) electrons. The third kappa shape index (κ3) is 2.86. The molecule has 0 bridgehead atoms. The summed E-state index contributed by atoms with van der Waals surface area (Å²) in [7, 11) is 0. The molecule has 0 amide bonds. The van der Waals surface area contributed by atoms with Crippen LogP contribution in [0.4, 0.5) is 0 Å². The lowest BCUT2D eigenvalue weighted by molar-refractivity contribution is 0.0696. The molecule has 6 heteroatoms. The Morgan fingerprint density at radius 1 is 1.36 bits per heavy atom. The van der Waals surface area contributed by atoms with E-state index in [1.165, 1.54) is 6.07 Å². The van der Waals surface area contributed by atoms with Crippen LogP contribution in [0.25, 0.3) is 5.65 Å². The van der Waals surface area contributed by atoms with Crippen LogP contribution < -0.4 is 0 Å². The second kappa shape index (κ2) is 6.23. The van der Waals surface area contributed by atoms with Crippen molar-refractivity contribution in [2.75, 3.05) is 0 Å². The van der Waals surface area contributed by atoms with Crippen LogP contribution in [0.5, 0.6) is 0 Å². The third-order valence-electron chi connectivity index (χ3n) is 4.49. The van der Waals surface area contributed by atoms with Crippen LogP contribution in [-0.2, 0) is 6.42 Å². The zero-order chi connectivity index (χ0) is 18.3. The van der Waals surface area contributed by atoms with Gasteiger partial charge in [-0.2, -0.15) is 5.26 Å². The first-order valence-electron chi connectivity index (χ1n) is 7.73. The van der Waals surface area contributed by atoms with Crippen molar-refractivity contribution in [1.82, 2.24) is 9.38 Å². The van der Waals surface area contributed by atoms with Crippen LogP contribution in [0.15, 0.2) is 24.4 Å². The van der Waals surface area contributed by atoms with Crippen LogP contribution in [0.1, 0.15) is 44.0 Å². The molecule has 0 aliphatic heterocycles. The average molecular weight is 354 g/mol. The summed E-state index contributed by atoms with van der Waals surface area (Å²) in [5.41, 5.74) is 5.63. The van der Waals surface area contributed by atoms with Gasteiger partial charge in [-0.25, -0.2) is 9.78 Å². The fourth-order valence-electron chi connectivity index (χ4n) is 3.04. The largest absolute Gasteiger partial charge is 0.478 e. The molecule has 0 atom stereocenters. The van der Waals surface area contributed by atoms with Gasteiger partial charge in [0.25, 0.3) is 0 Å². The molecule has 0 spiro atoms. The molecule has 1 N–H and O–H groups in total. The van der Waals surface area contributed by atoms with Crippen LogP contribution in [0.3, 0.4) is 0 Å². The number of pyridine rings is 1. The van der Waals surface area contributed by atoms with E-state index >= 15 is 0 Å². The number of hydrogen-bond donors (Lipinski definition) is 1. The Kier molecular flexibility index (Phi) is 4.23. The fourth-order valence-corrected chi connectivity index (χ4v) is 3.31. The van der Waals surface area contributed by atoms with E-state index in [1.54, 1.807) is 25.3 Å². The van der Waals surface area contributed by atoms with E-state index in [-0.39, 0.29) is 5.56 Å². The second-order valence-corrected chi connectivity index (χ2v) is 6.45. The van der Waals surface area contributed by atoms with Crippen molar-refractivity contribution in [2.45, 2.75) is 27.2 Å². The van der Waals surface area contributed by atoms with Gasteiger partial charge < -0.3 is 9.51 Å². The number of hydrogen-bond acceptors (Lipinski definition) is 3. The first kappa shape index (κ1) is 17.0. The summed E-state index contributed by atoms with van der Waals surface area (Å²) >= 11 is 6.32. The number of carbonyl (C=O) groups is 1. The predicted molar refractivity (Wildman–Crippen MR) is 95.3 cm³/mol. The first-order valence-corrected chi connectivity index (χ1v) is 8.10. The average Bonchev–Trinajstić information content (AvgIpc) is 2.88.